The summed E-state index contributed by atoms with van der Waals surface area (Å²) in [6.45, 7) is 6.52. The van der Waals surface area contributed by atoms with Crippen molar-refractivity contribution in [3.8, 4) is 11.5 Å². The number of nitrogens with zero attached hydrogens (tertiary/aromatic N) is 1. The molecule has 0 radical (unpaired) electrons. The molecular formula is C30H29NO5. The minimum Gasteiger partial charge on any atom is -0.493 e. The number of benzene rings is 3. The van der Waals surface area contributed by atoms with Crippen molar-refractivity contribution in [3.63, 3.8) is 0 Å². The minimum absolute atomic E-state index is 0.0688. The van der Waals surface area contributed by atoms with E-state index < -0.39 is 5.92 Å². The van der Waals surface area contributed by atoms with Crippen LogP contribution >= 0.6 is 0 Å². The number of carbonyl (C=O) groups is 2. The number of rotatable bonds is 6. The number of hydrogen-bond donors (Lipinski definition) is 0. The van der Waals surface area contributed by atoms with Crippen LogP contribution in [0.15, 0.2) is 71.9 Å². The molecule has 0 saturated carbocycles. The average Bonchev–Trinajstić information content (AvgIpc) is 3.23. The summed E-state index contributed by atoms with van der Waals surface area (Å²) < 4.78 is 17.1. The summed E-state index contributed by atoms with van der Waals surface area (Å²) in [6, 6.07) is 19.7. The van der Waals surface area contributed by atoms with Gasteiger partial charge in [-0.15, -0.1) is 0 Å². The maximum atomic E-state index is 13.4. The summed E-state index contributed by atoms with van der Waals surface area (Å²) in [7, 11) is 1.58. The quantitative estimate of drug-likeness (QED) is 0.431. The van der Waals surface area contributed by atoms with E-state index in [1.165, 1.54) is 5.56 Å². The van der Waals surface area contributed by atoms with Crippen molar-refractivity contribution < 1.29 is 23.8 Å². The lowest BCUT2D eigenvalue weighted by molar-refractivity contribution is -0.136. The number of hydrogen-bond acceptors (Lipinski definition) is 5. The number of carbonyl (C=O) groups excluding carboxylic acids is 2. The highest BCUT2D eigenvalue weighted by atomic mass is 16.5. The van der Waals surface area contributed by atoms with Gasteiger partial charge in [-0.05, 0) is 67.3 Å². The predicted octanol–water partition coefficient (Wildman–Crippen LogP) is 5.53. The van der Waals surface area contributed by atoms with E-state index in [9.17, 15) is 9.59 Å². The van der Waals surface area contributed by atoms with Gasteiger partial charge in [0.1, 0.15) is 13.2 Å². The van der Waals surface area contributed by atoms with Crippen LogP contribution in [0, 0.1) is 20.8 Å². The van der Waals surface area contributed by atoms with Crippen LogP contribution in [0.3, 0.4) is 0 Å². The molecule has 2 aliphatic heterocycles. The van der Waals surface area contributed by atoms with E-state index in [0.717, 1.165) is 27.9 Å². The van der Waals surface area contributed by atoms with E-state index >= 15 is 0 Å². The highest BCUT2D eigenvalue weighted by molar-refractivity contribution is 6.06. The van der Waals surface area contributed by atoms with Crippen LogP contribution in [0.25, 0.3) is 0 Å². The molecule has 2 aliphatic rings. The first-order valence-corrected chi connectivity index (χ1v) is 12.0. The molecule has 184 valence electrons. The van der Waals surface area contributed by atoms with Crippen molar-refractivity contribution in [3.05, 3.63) is 99.8 Å². The second kappa shape index (κ2) is 9.53. The van der Waals surface area contributed by atoms with Gasteiger partial charge in [-0.25, -0.2) is 4.79 Å². The van der Waals surface area contributed by atoms with Crippen LogP contribution < -0.4 is 14.4 Å². The average molecular weight is 484 g/mol. The van der Waals surface area contributed by atoms with E-state index in [1.807, 2.05) is 75.4 Å². The van der Waals surface area contributed by atoms with E-state index in [-0.39, 0.29) is 24.9 Å². The van der Waals surface area contributed by atoms with E-state index in [2.05, 4.69) is 6.07 Å². The summed E-state index contributed by atoms with van der Waals surface area (Å²) in [5, 5.41) is 0. The fourth-order valence-corrected chi connectivity index (χ4v) is 4.98. The SMILES string of the molecule is COc1cc(C2CC(=O)N(c3cc(C)cc(C)c3)C3=C2C(=O)OC3)ccc1OCc1ccc(C)cc1. The maximum absolute atomic E-state index is 13.4. The Bertz CT molecular complexity index is 1350. The van der Waals surface area contributed by atoms with Gasteiger partial charge >= 0.3 is 5.97 Å². The van der Waals surface area contributed by atoms with Crippen molar-refractivity contribution in [2.75, 3.05) is 18.6 Å². The smallest absolute Gasteiger partial charge is 0.336 e. The van der Waals surface area contributed by atoms with Gasteiger partial charge in [0.2, 0.25) is 5.91 Å². The molecule has 6 nitrogen and oxygen atoms in total. The van der Waals surface area contributed by atoms with Crippen molar-refractivity contribution in [2.24, 2.45) is 0 Å². The first kappa shape index (κ1) is 23.7. The predicted molar refractivity (Wildman–Crippen MR) is 137 cm³/mol. The number of ether oxygens (including phenoxy) is 3. The molecule has 0 fully saturated rings. The molecule has 0 spiro atoms. The number of cyclic esters (lactones) is 1. The lowest BCUT2D eigenvalue weighted by Crippen LogP contribution is -2.37. The third kappa shape index (κ3) is 4.47. The molecule has 36 heavy (non-hydrogen) atoms. The molecule has 1 atom stereocenters. The Morgan fingerprint density at radius 2 is 1.61 bits per heavy atom. The van der Waals surface area contributed by atoms with Crippen LogP contribution in [-0.4, -0.2) is 25.6 Å². The molecule has 1 amide bonds. The number of methoxy groups -OCH3 is 1. The first-order chi connectivity index (χ1) is 17.3. The van der Waals surface area contributed by atoms with Gasteiger partial charge in [0, 0.05) is 18.0 Å². The van der Waals surface area contributed by atoms with Crippen molar-refractivity contribution in [1.82, 2.24) is 0 Å². The Kier molecular flexibility index (Phi) is 6.27. The molecule has 0 saturated heterocycles. The van der Waals surface area contributed by atoms with Gasteiger partial charge in [-0.2, -0.15) is 0 Å². The summed E-state index contributed by atoms with van der Waals surface area (Å²) >= 11 is 0. The zero-order chi connectivity index (χ0) is 25.4. The normalized spacial score (nSPS) is 17.2. The van der Waals surface area contributed by atoms with Crippen LogP contribution in [0.1, 0.15) is 40.2 Å². The van der Waals surface area contributed by atoms with Crippen molar-refractivity contribution in [1.29, 1.82) is 0 Å². The Hall–Kier alpha value is -4.06. The molecule has 3 aromatic carbocycles. The summed E-state index contributed by atoms with van der Waals surface area (Å²) in [4.78, 5) is 27.9. The molecule has 0 aliphatic carbocycles. The minimum atomic E-state index is -0.412. The van der Waals surface area contributed by atoms with E-state index in [4.69, 9.17) is 14.2 Å². The first-order valence-electron chi connectivity index (χ1n) is 12.0. The Labute approximate surface area is 211 Å². The third-order valence-corrected chi connectivity index (χ3v) is 6.69. The van der Waals surface area contributed by atoms with Crippen molar-refractivity contribution in [2.45, 2.75) is 39.7 Å². The second-order valence-electron chi connectivity index (χ2n) is 9.45. The number of amides is 1. The van der Waals surface area contributed by atoms with E-state index in [0.29, 0.717) is 29.4 Å². The molecule has 6 heteroatoms. The fraction of sp³-hybridized carbons (Fsp3) is 0.267. The number of esters is 1. The molecule has 1 unspecified atom stereocenters. The largest absolute Gasteiger partial charge is 0.493 e. The monoisotopic (exact) mass is 483 g/mol. The molecule has 0 N–H and O–H groups in total. The van der Waals surface area contributed by atoms with Crippen molar-refractivity contribution >= 4 is 17.6 Å². The topological polar surface area (TPSA) is 65.1 Å². The second-order valence-corrected chi connectivity index (χ2v) is 9.45. The Balaban J connectivity index is 1.46. The zero-order valence-corrected chi connectivity index (χ0v) is 21.0. The Morgan fingerprint density at radius 3 is 2.31 bits per heavy atom. The van der Waals surface area contributed by atoms with Gasteiger partial charge < -0.3 is 14.2 Å². The van der Waals surface area contributed by atoms with E-state index in [1.54, 1.807) is 12.0 Å². The summed E-state index contributed by atoms with van der Waals surface area (Å²) in [5.41, 5.74) is 7.08. The number of aryl methyl sites for hydroxylation is 3. The van der Waals surface area contributed by atoms with Crippen LogP contribution in [0.2, 0.25) is 0 Å². The number of anilines is 1. The standard InChI is InChI=1S/C30H29NO5/c1-18-5-7-21(8-6-18)16-35-26-10-9-22(14-27(26)34-4)24-15-28(32)31(25-17-36-30(33)29(24)25)23-12-19(2)11-20(3)13-23/h5-14,24H,15-17H2,1-4H3. The molecule has 0 bridgehead atoms. The van der Waals surface area contributed by atoms with Crippen LogP contribution in [-0.2, 0) is 20.9 Å². The summed E-state index contributed by atoms with van der Waals surface area (Å²) in [5.74, 6) is 0.294. The third-order valence-electron chi connectivity index (χ3n) is 6.69. The van der Waals surface area contributed by atoms with Gasteiger partial charge in [0.25, 0.3) is 0 Å². The highest BCUT2D eigenvalue weighted by Gasteiger charge is 2.43. The zero-order valence-electron chi connectivity index (χ0n) is 21.0. The lowest BCUT2D eigenvalue weighted by atomic mass is 9.84. The molecule has 0 aromatic heterocycles. The van der Waals surface area contributed by atoms with Gasteiger partial charge in [0.05, 0.1) is 18.4 Å². The molecule has 5 rings (SSSR count). The highest BCUT2D eigenvalue weighted by Crippen LogP contribution is 2.44. The van der Waals surface area contributed by atoms with Gasteiger partial charge in [-0.3, -0.25) is 9.69 Å². The fourth-order valence-electron chi connectivity index (χ4n) is 4.98. The molecule has 2 heterocycles. The summed E-state index contributed by atoms with van der Waals surface area (Å²) in [6.07, 6.45) is 0.160. The molecule has 3 aromatic rings. The van der Waals surface area contributed by atoms with Gasteiger partial charge in [0.15, 0.2) is 11.5 Å². The van der Waals surface area contributed by atoms with Crippen LogP contribution in [0.4, 0.5) is 5.69 Å². The maximum Gasteiger partial charge on any atom is 0.336 e. The lowest BCUT2D eigenvalue weighted by Gasteiger charge is -2.32. The Morgan fingerprint density at radius 1 is 0.889 bits per heavy atom. The van der Waals surface area contributed by atoms with Gasteiger partial charge in [-0.1, -0.05) is 42.0 Å². The van der Waals surface area contributed by atoms with Crippen LogP contribution in [0.5, 0.6) is 11.5 Å². The molecular weight excluding hydrogens is 454 g/mol.